The Balaban J connectivity index is 2.35. The van der Waals surface area contributed by atoms with Crippen LogP contribution in [0.3, 0.4) is 0 Å². The molecule has 1 aliphatic heterocycles. The molecule has 0 aromatic heterocycles. The molecule has 2 rings (SSSR count). The second-order valence-electron chi connectivity index (χ2n) is 6.58. The third-order valence-electron chi connectivity index (χ3n) is 4.06. The average molecular weight is 406 g/mol. The zero-order valence-electron chi connectivity index (χ0n) is 15.6. The summed E-state index contributed by atoms with van der Waals surface area (Å²) in [6, 6.07) is 2.80. The van der Waals surface area contributed by atoms with Gasteiger partial charge in [0.25, 0.3) is 5.91 Å². The lowest BCUT2D eigenvalue weighted by atomic mass is 10.1. The second kappa shape index (κ2) is 9.53. The average Bonchev–Trinajstić information content (AvgIpc) is 2.64. The van der Waals surface area contributed by atoms with Crippen LogP contribution in [0.4, 0.5) is 0 Å². The lowest BCUT2D eigenvalue weighted by Crippen LogP contribution is -2.53. The summed E-state index contributed by atoms with van der Waals surface area (Å²) >= 11 is 0. The molecule has 6 N–H and O–H groups in total. The molecule has 0 spiro atoms. The smallest absolute Gasteiger partial charge is 0.326 e. The Morgan fingerprint density at radius 2 is 1.86 bits per heavy atom. The number of benzene rings is 1. The molecule has 29 heavy (non-hydrogen) atoms. The van der Waals surface area contributed by atoms with Crippen LogP contribution >= 0.6 is 0 Å². The van der Waals surface area contributed by atoms with Crippen molar-refractivity contribution in [3.63, 3.8) is 0 Å². The van der Waals surface area contributed by atoms with E-state index in [1.54, 1.807) is 19.1 Å². The van der Waals surface area contributed by atoms with E-state index in [4.69, 9.17) is 10.5 Å². The van der Waals surface area contributed by atoms with Gasteiger partial charge in [-0.05, 0) is 19.1 Å². The van der Waals surface area contributed by atoms with E-state index in [1.165, 1.54) is 12.1 Å². The predicted molar refractivity (Wildman–Crippen MR) is 98.8 cm³/mol. The van der Waals surface area contributed by atoms with Crippen LogP contribution in [0.15, 0.2) is 24.3 Å². The Hall–Kier alpha value is -3.63. The molecule has 0 aliphatic carbocycles. The van der Waals surface area contributed by atoms with Crippen LogP contribution in [-0.2, 0) is 19.2 Å². The summed E-state index contributed by atoms with van der Waals surface area (Å²) in [6.07, 6.45) is -1.12. The Morgan fingerprint density at radius 3 is 2.52 bits per heavy atom. The van der Waals surface area contributed by atoms with Gasteiger partial charge in [-0.1, -0.05) is 12.1 Å². The van der Waals surface area contributed by atoms with Gasteiger partial charge in [-0.3, -0.25) is 19.2 Å². The molecule has 1 heterocycles. The van der Waals surface area contributed by atoms with Gasteiger partial charge >= 0.3 is 5.97 Å². The van der Waals surface area contributed by atoms with Gasteiger partial charge in [0.2, 0.25) is 17.7 Å². The van der Waals surface area contributed by atoms with E-state index >= 15 is 0 Å². The Labute approximate surface area is 166 Å². The van der Waals surface area contributed by atoms with E-state index < -0.39 is 60.6 Å². The monoisotopic (exact) mass is 406 g/mol. The Morgan fingerprint density at radius 1 is 1.17 bits per heavy atom. The number of nitrogens with two attached hydrogens (primary N) is 1. The van der Waals surface area contributed by atoms with Gasteiger partial charge in [-0.2, -0.15) is 0 Å². The van der Waals surface area contributed by atoms with Gasteiger partial charge in [0.05, 0.1) is 24.4 Å². The normalized spacial score (nSPS) is 23.3. The fourth-order valence-corrected chi connectivity index (χ4v) is 2.67. The first-order valence-electron chi connectivity index (χ1n) is 8.81. The number of rotatable bonds is 3. The molecule has 1 aromatic rings. The van der Waals surface area contributed by atoms with Crippen LogP contribution < -0.4 is 26.4 Å². The first kappa shape index (κ1) is 21.7. The summed E-state index contributed by atoms with van der Waals surface area (Å²) in [5.74, 6) is -4.33. The highest BCUT2D eigenvalue weighted by atomic mass is 16.5. The molecule has 3 atom stereocenters. The number of primary amides is 1. The van der Waals surface area contributed by atoms with Crippen molar-refractivity contribution in [2.75, 3.05) is 6.61 Å². The first-order valence-corrected chi connectivity index (χ1v) is 8.81. The molecule has 11 heteroatoms. The Kier molecular flexibility index (Phi) is 7.12. The number of carboxylic acids is 1. The number of carbonyl (C=O) groups excluding carboxylic acids is 4. The summed E-state index contributed by atoms with van der Waals surface area (Å²) in [5.41, 5.74) is 5.21. The standard InChI is InChI=1S/C18H22N4O7/c1-9-8-29-13-5-3-2-4-10(13)16(25)22-12(18(27)28)7-15(24)21-11(6-14(19)23)17(26)20-9/h2-5,9,11-12H,6-8H2,1H3,(H2,19,23)(H,20,26)(H,21,24)(H,22,25)(H,27,28)/t9-,11+,12+/m1/s1. The lowest BCUT2D eigenvalue weighted by molar-refractivity contribution is -0.141. The molecular weight excluding hydrogens is 384 g/mol. The molecule has 0 radical (unpaired) electrons. The number of amides is 4. The number of aliphatic carboxylic acids is 1. The zero-order chi connectivity index (χ0) is 21.6. The minimum absolute atomic E-state index is 0.0182. The maximum Gasteiger partial charge on any atom is 0.326 e. The van der Waals surface area contributed by atoms with Crippen LogP contribution in [-0.4, -0.2) is 59.4 Å². The first-order chi connectivity index (χ1) is 13.7. The summed E-state index contributed by atoms with van der Waals surface area (Å²) < 4.78 is 5.59. The summed E-state index contributed by atoms with van der Waals surface area (Å²) in [5, 5.41) is 16.5. The van der Waals surface area contributed by atoms with Gasteiger partial charge in [-0.25, -0.2) is 4.79 Å². The summed E-state index contributed by atoms with van der Waals surface area (Å²) in [7, 11) is 0. The fraction of sp³-hybridized carbons (Fsp3) is 0.389. The molecule has 1 aromatic carbocycles. The largest absolute Gasteiger partial charge is 0.491 e. The van der Waals surface area contributed by atoms with Gasteiger partial charge < -0.3 is 31.5 Å². The van der Waals surface area contributed by atoms with Crippen LogP contribution in [0.25, 0.3) is 0 Å². The van der Waals surface area contributed by atoms with Crippen molar-refractivity contribution in [3.8, 4) is 5.75 Å². The van der Waals surface area contributed by atoms with Gasteiger partial charge in [0.1, 0.15) is 24.4 Å². The van der Waals surface area contributed by atoms with Crippen molar-refractivity contribution < 1.29 is 33.8 Å². The number of ether oxygens (including phenoxy) is 1. The van der Waals surface area contributed by atoms with Crippen LogP contribution in [0.1, 0.15) is 30.1 Å². The third-order valence-corrected chi connectivity index (χ3v) is 4.06. The number of hydrogen-bond donors (Lipinski definition) is 5. The van der Waals surface area contributed by atoms with Gasteiger partial charge in [-0.15, -0.1) is 0 Å². The number of fused-ring (bicyclic) bond motifs is 1. The SMILES string of the molecule is C[C@@H]1COc2ccccc2C(=O)N[C@H](C(=O)O)CC(=O)N[C@@H](CC(N)=O)C(=O)N1. The molecular formula is C18H22N4O7. The molecule has 0 saturated heterocycles. The minimum Gasteiger partial charge on any atom is -0.491 e. The number of para-hydroxylation sites is 1. The maximum absolute atomic E-state index is 12.5. The molecule has 11 nitrogen and oxygen atoms in total. The van der Waals surface area contributed by atoms with Crippen molar-refractivity contribution in [1.29, 1.82) is 0 Å². The van der Waals surface area contributed by atoms with Gasteiger partial charge in [0.15, 0.2) is 0 Å². The molecule has 1 aliphatic rings. The molecule has 0 unspecified atom stereocenters. The number of nitrogens with one attached hydrogen (secondary N) is 3. The van der Waals surface area contributed by atoms with Crippen molar-refractivity contribution in [2.24, 2.45) is 5.73 Å². The van der Waals surface area contributed by atoms with Crippen molar-refractivity contribution in [2.45, 2.75) is 37.9 Å². The Bertz CT molecular complexity index is 826. The topological polar surface area (TPSA) is 177 Å². The van der Waals surface area contributed by atoms with Crippen molar-refractivity contribution in [3.05, 3.63) is 29.8 Å². The molecule has 156 valence electrons. The maximum atomic E-state index is 12.5. The second-order valence-corrected chi connectivity index (χ2v) is 6.58. The van der Waals surface area contributed by atoms with Crippen LogP contribution in [0.5, 0.6) is 5.75 Å². The van der Waals surface area contributed by atoms with E-state index in [0.29, 0.717) is 0 Å². The van der Waals surface area contributed by atoms with Crippen LogP contribution in [0, 0.1) is 0 Å². The lowest BCUT2D eigenvalue weighted by Gasteiger charge is -2.23. The van der Waals surface area contributed by atoms with E-state index in [1.807, 2.05) is 0 Å². The number of carbonyl (C=O) groups is 5. The van der Waals surface area contributed by atoms with E-state index in [2.05, 4.69) is 16.0 Å². The molecule has 0 saturated carbocycles. The highest BCUT2D eigenvalue weighted by molar-refractivity contribution is 6.00. The third kappa shape index (κ3) is 6.19. The number of carboxylic acid groups (broad SMARTS) is 1. The van der Waals surface area contributed by atoms with E-state index in [9.17, 15) is 29.1 Å². The summed E-state index contributed by atoms with van der Waals surface area (Å²) in [6.45, 7) is 1.62. The molecule has 0 bridgehead atoms. The summed E-state index contributed by atoms with van der Waals surface area (Å²) in [4.78, 5) is 59.9. The molecule has 4 amide bonds. The number of hydrogen-bond acceptors (Lipinski definition) is 6. The minimum atomic E-state index is -1.56. The zero-order valence-corrected chi connectivity index (χ0v) is 15.6. The van der Waals surface area contributed by atoms with E-state index in [-0.39, 0.29) is 17.9 Å². The highest BCUT2D eigenvalue weighted by Crippen LogP contribution is 2.18. The fourth-order valence-electron chi connectivity index (χ4n) is 2.67. The predicted octanol–water partition coefficient (Wildman–Crippen LogP) is -1.48. The van der Waals surface area contributed by atoms with Crippen molar-refractivity contribution >= 4 is 29.6 Å². The van der Waals surface area contributed by atoms with Gasteiger partial charge in [0, 0.05) is 0 Å². The quantitative estimate of drug-likeness (QED) is 0.406. The molecule has 0 fully saturated rings. The van der Waals surface area contributed by atoms with E-state index in [0.717, 1.165) is 0 Å². The van der Waals surface area contributed by atoms with Crippen molar-refractivity contribution in [1.82, 2.24) is 16.0 Å². The highest BCUT2D eigenvalue weighted by Gasteiger charge is 2.29. The van der Waals surface area contributed by atoms with Crippen LogP contribution in [0.2, 0.25) is 0 Å².